The lowest BCUT2D eigenvalue weighted by atomic mass is 9.77. The number of nitrogens with one attached hydrogen (secondary N) is 1. The van der Waals surface area contributed by atoms with Crippen molar-refractivity contribution in [1.29, 1.82) is 0 Å². The molecule has 5 nitrogen and oxygen atoms in total. The number of fused-ring (bicyclic) bond motifs is 3. The first-order valence-electron chi connectivity index (χ1n) is 12.1. The molecule has 0 saturated carbocycles. The van der Waals surface area contributed by atoms with Crippen LogP contribution in [0, 0.1) is 0 Å². The largest absolute Gasteiger partial charge is 0.492 e. The van der Waals surface area contributed by atoms with Gasteiger partial charge in [-0.05, 0) is 62.5 Å². The molecule has 1 aliphatic rings. The van der Waals surface area contributed by atoms with Crippen molar-refractivity contribution in [3.8, 4) is 0 Å². The summed E-state index contributed by atoms with van der Waals surface area (Å²) in [5, 5.41) is 5.34. The number of hydrogen-bond acceptors (Lipinski definition) is 5. The maximum Gasteiger partial charge on any atom is 0.492 e. The molecule has 7 heteroatoms. The summed E-state index contributed by atoms with van der Waals surface area (Å²) in [6.07, 6.45) is 1.56. The fourth-order valence-electron chi connectivity index (χ4n) is 4.19. The Balaban J connectivity index is 1.40. The summed E-state index contributed by atoms with van der Waals surface area (Å²) in [6, 6.07) is 24.5. The van der Waals surface area contributed by atoms with E-state index in [0.29, 0.717) is 0 Å². The van der Waals surface area contributed by atoms with Gasteiger partial charge in [-0.1, -0.05) is 60.7 Å². The second kappa shape index (κ2) is 9.73. The molecule has 0 aliphatic carbocycles. The first-order chi connectivity index (χ1) is 17.2. The summed E-state index contributed by atoms with van der Waals surface area (Å²) >= 11 is 1.79. The normalized spacial score (nSPS) is 17.0. The minimum Gasteiger partial charge on any atom is -0.445 e. The summed E-state index contributed by atoms with van der Waals surface area (Å²) < 4.78 is 20.6. The van der Waals surface area contributed by atoms with Gasteiger partial charge in [-0.2, -0.15) is 0 Å². The molecule has 4 aromatic rings. The van der Waals surface area contributed by atoms with Gasteiger partial charge >= 0.3 is 13.2 Å². The number of thiophene rings is 1. The average molecular weight is 499 g/mol. The van der Waals surface area contributed by atoms with E-state index < -0.39 is 24.4 Å². The first kappa shape index (κ1) is 24.6. The fourth-order valence-corrected chi connectivity index (χ4v) is 5.28. The van der Waals surface area contributed by atoms with Gasteiger partial charge in [0.2, 0.25) is 0 Å². The molecule has 0 radical (unpaired) electrons. The molecule has 0 spiro atoms. The maximum atomic E-state index is 12.5. The number of ether oxygens (including phenoxy) is 1. The molecule has 1 saturated heterocycles. The number of alkyl carbamates (subject to hydrolysis) is 1. The van der Waals surface area contributed by atoms with E-state index in [-0.39, 0.29) is 13.2 Å². The second-order valence-corrected chi connectivity index (χ2v) is 11.2. The molecular formula is C29H30BNO4S. The van der Waals surface area contributed by atoms with E-state index >= 15 is 0 Å². The van der Waals surface area contributed by atoms with Crippen molar-refractivity contribution < 1.29 is 18.8 Å². The van der Waals surface area contributed by atoms with Gasteiger partial charge in [0, 0.05) is 26.7 Å². The van der Waals surface area contributed by atoms with Gasteiger partial charge in [-0.25, -0.2) is 4.79 Å². The number of carbonyl (C=O) groups excluding carboxylic acids is 1. The number of benzene rings is 3. The van der Waals surface area contributed by atoms with Gasteiger partial charge in [-0.15, -0.1) is 11.3 Å². The lowest BCUT2D eigenvalue weighted by molar-refractivity contribution is 0.00578. The van der Waals surface area contributed by atoms with Crippen LogP contribution in [0.2, 0.25) is 0 Å². The second-order valence-electron chi connectivity index (χ2n) is 10.1. The van der Waals surface area contributed by atoms with Crippen LogP contribution in [0.3, 0.4) is 0 Å². The third-order valence-corrected chi connectivity index (χ3v) is 8.11. The molecule has 36 heavy (non-hydrogen) atoms. The van der Waals surface area contributed by atoms with Gasteiger partial charge in [0.05, 0.1) is 11.2 Å². The van der Waals surface area contributed by atoms with E-state index in [4.69, 9.17) is 14.0 Å². The predicted octanol–water partition coefficient (Wildman–Crippen LogP) is 7.00. The Hall–Kier alpha value is -3.13. The lowest BCUT2D eigenvalue weighted by Gasteiger charge is -2.32. The van der Waals surface area contributed by atoms with Crippen LogP contribution in [0.1, 0.15) is 38.8 Å². The number of hydrogen-bond donors (Lipinski definition) is 1. The van der Waals surface area contributed by atoms with Gasteiger partial charge in [0.25, 0.3) is 0 Å². The van der Waals surface area contributed by atoms with Crippen LogP contribution >= 0.6 is 11.3 Å². The van der Waals surface area contributed by atoms with Crippen LogP contribution in [0.5, 0.6) is 0 Å². The molecule has 1 aliphatic heterocycles. The number of rotatable bonds is 6. The summed E-state index contributed by atoms with van der Waals surface area (Å²) in [4.78, 5) is 12.5. The van der Waals surface area contributed by atoms with E-state index in [1.165, 1.54) is 20.2 Å². The van der Waals surface area contributed by atoms with E-state index in [2.05, 4.69) is 47.8 Å². The maximum absolute atomic E-state index is 12.5. The fraction of sp³-hybridized carbons (Fsp3) is 0.276. The molecule has 1 fully saturated rings. The molecule has 1 aromatic heterocycles. The van der Waals surface area contributed by atoms with Crippen molar-refractivity contribution in [3.63, 3.8) is 0 Å². The van der Waals surface area contributed by atoms with Crippen molar-refractivity contribution in [3.05, 3.63) is 89.4 Å². The molecule has 1 amide bonds. The van der Waals surface area contributed by atoms with Crippen LogP contribution < -0.4 is 5.32 Å². The van der Waals surface area contributed by atoms with E-state index in [9.17, 15) is 4.79 Å². The molecule has 0 unspecified atom stereocenters. The molecule has 0 bridgehead atoms. The van der Waals surface area contributed by atoms with Crippen LogP contribution in [0.25, 0.3) is 26.2 Å². The molecule has 184 valence electrons. The smallest absolute Gasteiger partial charge is 0.445 e. The Kier molecular flexibility index (Phi) is 6.64. The Morgan fingerprint density at radius 3 is 2.33 bits per heavy atom. The third-order valence-electron chi connectivity index (χ3n) is 6.96. The predicted molar refractivity (Wildman–Crippen MR) is 148 cm³/mol. The SMILES string of the molecule is CC1(C)OB(C(=Cc2ccc3sc4ccccc4c3c2)CNC(=O)OCc2ccccc2)OC1(C)C. The molecule has 3 aromatic carbocycles. The van der Waals surface area contributed by atoms with E-state index in [1.807, 2.05) is 64.1 Å². The van der Waals surface area contributed by atoms with Gasteiger partial charge in [-0.3, -0.25) is 0 Å². The van der Waals surface area contributed by atoms with Crippen molar-refractivity contribution >= 4 is 50.8 Å². The third kappa shape index (κ3) is 5.05. The summed E-state index contributed by atoms with van der Waals surface area (Å²) in [7, 11) is -0.584. The van der Waals surface area contributed by atoms with Crippen molar-refractivity contribution in [2.45, 2.75) is 45.5 Å². The van der Waals surface area contributed by atoms with Crippen LogP contribution in [0.15, 0.2) is 78.3 Å². The molecule has 2 heterocycles. The molecule has 5 rings (SSSR count). The van der Waals surface area contributed by atoms with Crippen LogP contribution in [-0.4, -0.2) is 31.0 Å². The highest BCUT2D eigenvalue weighted by atomic mass is 32.1. The van der Waals surface area contributed by atoms with Gasteiger partial charge in [0.1, 0.15) is 6.61 Å². The zero-order valence-electron chi connectivity index (χ0n) is 21.0. The van der Waals surface area contributed by atoms with E-state index in [0.717, 1.165) is 16.6 Å². The van der Waals surface area contributed by atoms with Crippen molar-refractivity contribution in [2.24, 2.45) is 0 Å². The van der Waals surface area contributed by atoms with Gasteiger partial charge < -0.3 is 19.4 Å². The minimum absolute atomic E-state index is 0.212. The highest BCUT2D eigenvalue weighted by molar-refractivity contribution is 7.25. The molecular weight excluding hydrogens is 469 g/mol. The standard InChI is InChI=1S/C29H30BNO4S/c1-28(2)29(3,4)35-30(34-28)22(18-31-27(32)33-19-20-10-6-5-7-11-20)16-21-14-15-26-24(17-21)23-12-8-9-13-25(23)36-26/h5-17H,18-19H2,1-4H3,(H,31,32). The summed E-state index contributed by atoms with van der Waals surface area (Å²) in [6.45, 7) is 8.55. The van der Waals surface area contributed by atoms with Crippen LogP contribution in [-0.2, 0) is 20.7 Å². The zero-order chi connectivity index (χ0) is 25.3. The highest BCUT2D eigenvalue weighted by Gasteiger charge is 2.52. The molecule has 0 atom stereocenters. The summed E-state index contributed by atoms with van der Waals surface area (Å²) in [5.74, 6) is 0. The molecule has 1 N–H and O–H groups in total. The zero-order valence-corrected chi connectivity index (χ0v) is 21.9. The van der Waals surface area contributed by atoms with E-state index in [1.54, 1.807) is 11.3 Å². The van der Waals surface area contributed by atoms with Crippen molar-refractivity contribution in [1.82, 2.24) is 5.32 Å². The first-order valence-corrected chi connectivity index (χ1v) is 13.0. The van der Waals surface area contributed by atoms with Crippen LogP contribution in [0.4, 0.5) is 4.79 Å². The van der Waals surface area contributed by atoms with Crippen molar-refractivity contribution in [2.75, 3.05) is 6.54 Å². The Morgan fingerprint density at radius 1 is 0.917 bits per heavy atom. The monoisotopic (exact) mass is 499 g/mol. The minimum atomic E-state index is -0.584. The topological polar surface area (TPSA) is 56.8 Å². The Labute approximate surface area is 216 Å². The summed E-state index contributed by atoms with van der Waals surface area (Å²) in [5.41, 5.74) is 1.81. The van der Waals surface area contributed by atoms with Gasteiger partial charge in [0.15, 0.2) is 0 Å². The number of amides is 1. The number of carbonyl (C=O) groups is 1. The lowest BCUT2D eigenvalue weighted by Crippen LogP contribution is -2.41. The Morgan fingerprint density at radius 2 is 1.58 bits per heavy atom. The Bertz CT molecular complexity index is 1410. The highest BCUT2D eigenvalue weighted by Crippen LogP contribution is 2.39. The quantitative estimate of drug-likeness (QED) is 0.291. The average Bonchev–Trinajstić information content (AvgIpc) is 3.33.